The molecule has 4 rings (SSSR count). The fourth-order valence-electron chi connectivity index (χ4n) is 2.69. The van der Waals surface area contributed by atoms with Crippen molar-refractivity contribution < 1.29 is 9.53 Å². The second-order valence-corrected chi connectivity index (χ2v) is 7.47. The van der Waals surface area contributed by atoms with Gasteiger partial charge in [-0.2, -0.15) is 0 Å². The lowest BCUT2D eigenvalue weighted by Gasteiger charge is -2.09. The van der Waals surface area contributed by atoms with E-state index in [0.29, 0.717) is 11.8 Å². The molecule has 1 aromatic heterocycles. The van der Waals surface area contributed by atoms with E-state index in [1.807, 2.05) is 55.5 Å². The van der Waals surface area contributed by atoms with Crippen LogP contribution in [-0.2, 0) is 4.79 Å². The molecule has 1 heterocycles. The van der Waals surface area contributed by atoms with Gasteiger partial charge in [0.05, 0.1) is 5.75 Å². The summed E-state index contributed by atoms with van der Waals surface area (Å²) in [6.45, 7) is 2.02. The Morgan fingerprint density at radius 3 is 2.78 bits per heavy atom. The Bertz CT molecular complexity index is 935. The molecule has 27 heavy (non-hydrogen) atoms. The van der Waals surface area contributed by atoms with Crippen molar-refractivity contribution in [1.82, 2.24) is 14.8 Å². The molecule has 3 aromatic rings. The first-order valence-corrected chi connectivity index (χ1v) is 9.83. The number of thioether (sulfide) groups is 1. The molecule has 0 bridgehead atoms. The Labute approximate surface area is 162 Å². The predicted molar refractivity (Wildman–Crippen MR) is 105 cm³/mol. The van der Waals surface area contributed by atoms with Crippen LogP contribution in [0.3, 0.4) is 0 Å². The van der Waals surface area contributed by atoms with Crippen LogP contribution in [0.2, 0.25) is 0 Å². The summed E-state index contributed by atoms with van der Waals surface area (Å²) < 4.78 is 7.87. The van der Waals surface area contributed by atoms with E-state index < -0.39 is 0 Å². The van der Waals surface area contributed by atoms with Crippen LogP contribution in [0.15, 0.2) is 60.0 Å². The summed E-state index contributed by atoms with van der Waals surface area (Å²) in [5, 5.41) is 11.7. The molecule has 0 atom stereocenters. The number of hydrogen-bond acceptors (Lipinski definition) is 5. The minimum Gasteiger partial charge on any atom is -0.457 e. The van der Waals surface area contributed by atoms with Gasteiger partial charge in [0, 0.05) is 11.7 Å². The van der Waals surface area contributed by atoms with E-state index in [4.69, 9.17) is 4.74 Å². The number of amides is 1. The van der Waals surface area contributed by atoms with Crippen molar-refractivity contribution in [3.63, 3.8) is 0 Å². The standard InChI is InChI=1S/C20H20N4O2S/c1-14-3-2-4-18(11-14)26-17-9-5-15(6-10-17)22-19(25)12-27-20-23-21-13-24(20)16-7-8-16/h2-6,9-11,13,16H,7-8,12H2,1H3,(H,22,25). The van der Waals surface area contributed by atoms with Gasteiger partial charge in [0.1, 0.15) is 17.8 Å². The average Bonchev–Trinajstić information content (AvgIpc) is 3.39. The van der Waals surface area contributed by atoms with Gasteiger partial charge in [-0.05, 0) is 61.7 Å². The third kappa shape index (κ3) is 4.68. The number of hydrogen-bond donors (Lipinski definition) is 1. The first-order valence-electron chi connectivity index (χ1n) is 8.84. The van der Waals surface area contributed by atoms with Crippen molar-refractivity contribution in [2.24, 2.45) is 0 Å². The highest BCUT2D eigenvalue weighted by Gasteiger charge is 2.26. The van der Waals surface area contributed by atoms with E-state index >= 15 is 0 Å². The molecule has 138 valence electrons. The number of carbonyl (C=O) groups is 1. The molecule has 1 fully saturated rings. The Hall–Kier alpha value is -2.80. The minimum absolute atomic E-state index is 0.0716. The number of ether oxygens (including phenoxy) is 1. The summed E-state index contributed by atoms with van der Waals surface area (Å²) in [7, 11) is 0. The molecule has 0 saturated heterocycles. The van der Waals surface area contributed by atoms with Gasteiger partial charge in [-0.25, -0.2) is 0 Å². The maximum absolute atomic E-state index is 12.2. The molecule has 0 radical (unpaired) electrons. The van der Waals surface area contributed by atoms with Crippen LogP contribution >= 0.6 is 11.8 Å². The number of nitrogens with one attached hydrogen (secondary N) is 1. The van der Waals surface area contributed by atoms with Gasteiger partial charge in [0.25, 0.3) is 0 Å². The van der Waals surface area contributed by atoms with E-state index in [1.165, 1.54) is 11.8 Å². The van der Waals surface area contributed by atoms with Gasteiger partial charge in [-0.3, -0.25) is 4.79 Å². The van der Waals surface area contributed by atoms with Crippen LogP contribution in [0, 0.1) is 6.92 Å². The summed E-state index contributed by atoms with van der Waals surface area (Å²) in [4.78, 5) is 12.2. The maximum Gasteiger partial charge on any atom is 0.234 e. The van der Waals surface area contributed by atoms with Gasteiger partial charge in [0.15, 0.2) is 5.16 Å². The van der Waals surface area contributed by atoms with E-state index in [0.717, 1.165) is 40.7 Å². The van der Waals surface area contributed by atoms with Crippen LogP contribution in [0.1, 0.15) is 24.4 Å². The second-order valence-electron chi connectivity index (χ2n) is 6.53. The molecule has 0 unspecified atom stereocenters. The molecule has 1 amide bonds. The Balaban J connectivity index is 1.30. The smallest absolute Gasteiger partial charge is 0.234 e. The molecule has 1 aliphatic carbocycles. The molecule has 7 heteroatoms. The van der Waals surface area contributed by atoms with Gasteiger partial charge >= 0.3 is 0 Å². The summed E-state index contributed by atoms with van der Waals surface area (Å²) in [5.74, 6) is 1.75. The number of aryl methyl sites for hydroxylation is 1. The molecule has 0 aliphatic heterocycles. The quantitative estimate of drug-likeness (QED) is 0.614. The van der Waals surface area contributed by atoms with Gasteiger partial charge < -0.3 is 14.6 Å². The van der Waals surface area contributed by atoms with E-state index in [-0.39, 0.29) is 5.91 Å². The first kappa shape index (κ1) is 17.6. The van der Waals surface area contributed by atoms with Gasteiger partial charge in [-0.1, -0.05) is 23.9 Å². The summed E-state index contributed by atoms with van der Waals surface area (Å²) in [5.41, 5.74) is 1.88. The Morgan fingerprint density at radius 2 is 2.04 bits per heavy atom. The lowest BCUT2D eigenvalue weighted by molar-refractivity contribution is -0.113. The monoisotopic (exact) mass is 380 g/mol. The number of anilines is 1. The number of benzene rings is 2. The van der Waals surface area contributed by atoms with Crippen LogP contribution in [0.5, 0.6) is 11.5 Å². The van der Waals surface area contributed by atoms with Crippen molar-refractivity contribution in [2.75, 3.05) is 11.1 Å². The largest absolute Gasteiger partial charge is 0.457 e. The van der Waals surface area contributed by atoms with E-state index in [9.17, 15) is 4.79 Å². The molecule has 6 nitrogen and oxygen atoms in total. The van der Waals surface area contributed by atoms with Crippen molar-refractivity contribution in [3.05, 3.63) is 60.4 Å². The zero-order valence-corrected chi connectivity index (χ0v) is 15.8. The zero-order valence-electron chi connectivity index (χ0n) is 15.0. The molecular weight excluding hydrogens is 360 g/mol. The van der Waals surface area contributed by atoms with Crippen molar-refractivity contribution in [2.45, 2.75) is 31.0 Å². The van der Waals surface area contributed by atoms with Gasteiger partial charge in [-0.15, -0.1) is 10.2 Å². The third-order valence-electron chi connectivity index (χ3n) is 4.18. The zero-order chi connectivity index (χ0) is 18.6. The number of aromatic nitrogens is 3. The molecule has 2 aromatic carbocycles. The fourth-order valence-corrected chi connectivity index (χ4v) is 3.47. The summed E-state index contributed by atoms with van der Waals surface area (Å²) in [6, 6.07) is 15.7. The first-order chi connectivity index (χ1) is 13.2. The van der Waals surface area contributed by atoms with Gasteiger partial charge in [0.2, 0.25) is 5.91 Å². The number of nitrogens with zero attached hydrogens (tertiary/aromatic N) is 3. The SMILES string of the molecule is Cc1cccc(Oc2ccc(NC(=O)CSc3nncn3C3CC3)cc2)c1. The normalized spacial score (nSPS) is 13.4. The summed E-state index contributed by atoms with van der Waals surface area (Å²) >= 11 is 1.41. The Kier molecular flexibility index (Phi) is 5.11. The van der Waals surface area contributed by atoms with Crippen LogP contribution in [0.25, 0.3) is 0 Å². The predicted octanol–water partition coefficient (Wildman–Crippen LogP) is 4.44. The van der Waals surface area contributed by atoms with Crippen molar-refractivity contribution in [1.29, 1.82) is 0 Å². The number of carbonyl (C=O) groups excluding carboxylic acids is 1. The highest BCUT2D eigenvalue weighted by atomic mass is 32.2. The van der Waals surface area contributed by atoms with Crippen molar-refractivity contribution in [3.8, 4) is 11.5 Å². The van der Waals surface area contributed by atoms with E-state index in [2.05, 4.69) is 20.1 Å². The number of rotatable bonds is 7. The third-order valence-corrected chi connectivity index (χ3v) is 5.13. The maximum atomic E-state index is 12.2. The Morgan fingerprint density at radius 1 is 1.22 bits per heavy atom. The van der Waals surface area contributed by atoms with Crippen LogP contribution < -0.4 is 10.1 Å². The highest BCUT2D eigenvalue weighted by molar-refractivity contribution is 7.99. The van der Waals surface area contributed by atoms with E-state index in [1.54, 1.807) is 6.33 Å². The highest BCUT2D eigenvalue weighted by Crippen LogP contribution is 2.37. The topological polar surface area (TPSA) is 69.0 Å². The fraction of sp³-hybridized carbons (Fsp3) is 0.250. The van der Waals surface area contributed by atoms with Crippen LogP contribution in [0.4, 0.5) is 5.69 Å². The minimum atomic E-state index is -0.0716. The molecular formula is C20H20N4O2S. The summed E-state index contributed by atoms with van der Waals surface area (Å²) in [6.07, 6.45) is 4.06. The molecule has 1 N–H and O–H groups in total. The molecule has 0 spiro atoms. The molecule has 1 aliphatic rings. The van der Waals surface area contributed by atoms with Crippen molar-refractivity contribution >= 4 is 23.4 Å². The molecule has 1 saturated carbocycles. The second kappa shape index (κ2) is 7.84. The lowest BCUT2D eigenvalue weighted by atomic mass is 10.2. The average molecular weight is 380 g/mol. The lowest BCUT2D eigenvalue weighted by Crippen LogP contribution is -2.14. The van der Waals surface area contributed by atoms with Crippen LogP contribution in [-0.4, -0.2) is 26.4 Å².